The number of fused-ring (bicyclic) bond motifs is 1. The molecule has 108 valence electrons. The second kappa shape index (κ2) is 6.00. The van der Waals surface area contributed by atoms with Crippen molar-refractivity contribution < 1.29 is 14.4 Å². The number of pyridine rings is 1. The highest BCUT2D eigenvalue weighted by Gasteiger charge is 2.21. The second-order valence-electron chi connectivity index (χ2n) is 4.78. The molecule has 0 bridgehead atoms. The standard InChI is InChI=1S/C14H19N3O3/c1-4-5-17(6-7-18)14(19)11-8-9(2)15-13-12(11)10(3)16-20-13/h8,18H,4-7H2,1-3H3. The molecule has 20 heavy (non-hydrogen) atoms. The zero-order chi connectivity index (χ0) is 14.7. The molecule has 6 nitrogen and oxygen atoms in total. The van der Waals surface area contributed by atoms with Crippen LogP contribution >= 0.6 is 0 Å². The normalized spacial score (nSPS) is 11.0. The number of hydrogen-bond donors (Lipinski definition) is 1. The lowest BCUT2D eigenvalue weighted by Gasteiger charge is -2.21. The largest absolute Gasteiger partial charge is 0.395 e. The fraction of sp³-hybridized carbons (Fsp3) is 0.500. The molecule has 0 radical (unpaired) electrons. The topological polar surface area (TPSA) is 79.5 Å². The molecular formula is C14H19N3O3. The summed E-state index contributed by atoms with van der Waals surface area (Å²) >= 11 is 0. The Hall–Kier alpha value is -1.95. The van der Waals surface area contributed by atoms with E-state index in [9.17, 15) is 4.79 Å². The minimum atomic E-state index is -0.122. The van der Waals surface area contributed by atoms with E-state index in [0.717, 1.165) is 6.42 Å². The van der Waals surface area contributed by atoms with Crippen LogP contribution in [0.25, 0.3) is 11.1 Å². The Morgan fingerprint density at radius 2 is 2.15 bits per heavy atom. The van der Waals surface area contributed by atoms with Gasteiger partial charge in [-0.1, -0.05) is 12.1 Å². The highest BCUT2D eigenvalue weighted by molar-refractivity contribution is 6.06. The summed E-state index contributed by atoms with van der Waals surface area (Å²) in [4.78, 5) is 18.5. The van der Waals surface area contributed by atoms with E-state index in [1.54, 1.807) is 17.9 Å². The summed E-state index contributed by atoms with van der Waals surface area (Å²) < 4.78 is 5.14. The summed E-state index contributed by atoms with van der Waals surface area (Å²) in [6.07, 6.45) is 0.835. The molecule has 0 fully saturated rings. The smallest absolute Gasteiger partial charge is 0.258 e. The van der Waals surface area contributed by atoms with Gasteiger partial charge in [-0.15, -0.1) is 0 Å². The van der Waals surface area contributed by atoms with Gasteiger partial charge in [0.15, 0.2) is 0 Å². The zero-order valence-electron chi connectivity index (χ0n) is 12.0. The third kappa shape index (κ3) is 2.65. The quantitative estimate of drug-likeness (QED) is 0.899. The van der Waals surface area contributed by atoms with Crippen LogP contribution in [0.1, 0.15) is 35.1 Å². The summed E-state index contributed by atoms with van der Waals surface area (Å²) in [5.41, 5.74) is 2.27. The molecule has 0 spiro atoms. The predicted octanol–water partition coefficient (Wildman–Crippen LogP) is 1.68. The highest BCUT2D eigenvalue weighted by atomic mass is 16.5. The number of nitrogens with zero attached hydrogens (tertiary/aromatic N) is 3. The Balaban J connectivity index is 2.49. The molecular weight excluding hydrogens is 258 g/mol. The van der Waals surface area contributed by atoms with Crippen molar-refractivity contribution in [1.29, 1.82) is 0 Å². The maximum Gasteiger partial charge on any atom is 0.258 e. The Labute approximate surface area is 117 Å². The molecule has 2 rings (SSSR count). The number of hydrogen-bond acceptors (Lipinski definition) is 5. The number of carbonyl (C=O) groups is 1. The van der Waals surface area contributed by atoms with Crippen molar-refractivity contribution in [3.05, 3.63) is 23.0 Å². The SMILES string of the molecule is CCCN(CCO)C(=O)c1cc(C)nc2onc(C)c12. The van der Waals surface area contributed by atoms with Gasteiger partial charge >= 0.3 is 0 Å². The molecule has 2 aromatic rings. The van der Waals surface area contributed by atoms with E-state index >= 15 is 0 Å². The first-order valence-corrected chi connectivity index (χ1v) is 6.72. The summed E-state index contributed by atoms with van der Waals surface area (Å²) in [6.45, 7) is 6.46. The van der Waals surface area contributed by atoms with Gasteiger partial charge in [-0.25, -0.2) is 4.98 Å². The van der Waals surface area contributed by atoms with Crippen molar-refractivity contribution in [3.63, 3.8) is 0 Å². The Bertz CT molecular complexity index is 615. The maximum atomic E-state index is 12.7. The number of aryl methyl sites for hydroxylation is 2. The Morgan fingerprint density at radius 3 is 2.80 bits per heavy atom. The first-order valence-electron chi connectivity index (χ1n) is 6.72. The van der Waals surface area contributed by atoms with Crippen molar-refractivity contribution in [1.82, 2.24) is 15.0 Å². The third-order valence-electron chi connectivity index (χ3n) is 3.13. The molecule has 0 aliphatic carbocycles. The molecule has 1 N–H and O–H groups in total. The van der Waals surface area contributed by atoms with Gasteiger partial charge in [0.2, 0.25) is 0 Å². The number of carbonyl (C=O) groups excluding carboxylic acids is 1. The van der Waals surface area contributed by atoms with Gasteiger partial charge in [0.1, 0.15) is 0 Å². The van der Waals surface area contributed by atoms with Crippen molar-refractivity contribution in [2.24, 2.45) is 0 Å². The molecule has 2 aromatic heterocycles. The fourth-order valence-electron chi connectivity index (χ4n) is 2.26. The summed E-state index contributed by atoms with van der Waals surface area (Å²) in [5.74, 6) is -0.122. The predicted molar refractivity (Wildman–Crippen MR) is 74.6 cm³/mol. The lowest BCUT2D eigenvalue weighted by molar-refractivity contribution is 0.0723. The van der Waals surface area contributed by atoms with Crippen molar-refractivity contribution in [2.75, 3.05) is 19.7 Å². The number of aliphatic hydroxyl groups excluding tert-OH is 1. The second-order valence-corrected chi connectivity index (χ2v) is 4.78. The van der Waals surface area contributed by atoms with Crippen LogP contribution < -0.4 is 0 Å². The number of aliphatic hydroxyl groups is 1. The van der Waals surface area contributed by atoms with Crippen LogP contribution in [-0.2, 0) is 0 Å². The van der Waals surface area contributed by atoms with Gasteiger partial charge in [0, 0.05) is 18.8 Å². The van der Waals surface area contributed by atoms with Gasteiger partial charge < -0.3 is 14.5 Å². The van der Waals surface area contributed by atoms with E-state index in [0.29, 0.717) is 41.1 Å². The minimum absolute atomic E-state index is 0.0540. The molecule has 0 saturated carbocycles. The van der Waals surface area contributed by atoms with Crippen LogP contribution in [0, 0.1) is 13.8 Å². The lowest BCUT2D eigenvalue weighted by atomic mass is 10.1. The molecule has 0 aliphatic rings. The van der Waals surface area contributed by atoms with Crippen LogP contribution in [0.4, 0.5) is 0 Å². The van der Waals surface area contributed by atoms with E-state index in [-0.39, 0.29) is 12.5 Å². The number of aromatic nitrogens is 2. The summed E-state index contributed by atoms with van der Waals surface area (Å²) in [7, 11) is 0. The Kier molecular flexibility index (Phi) is 4.34. The van der Waals surface area contributed by atoms with Crippen LogP contribution in [0.2, 0.25) is 0 Å². The van der Waals surface area contributed by atoms with E-state index in [4.69, 9.17) is 9.63 Å². The first kappa shape index (κ1) is 14.5. The third-order valence-corrected chi connectivity index (χ3v) is 3.13. The molecule has 0 saturated heterocycles. The van der Waals surface area contributed by atoms with Gasteiger partial charge in [0.05, 0.1) is 23.3 Å². The monoisotopic (exact) mass is 277 g/mol. The van der Waals surface area contributed by atoms with Gasteiger partial charge in [-0.05, 0) is 26.3 Å². The van der Waals surface area contributed by atoms with Crippen molar-refractivity contribution >= 4 is 17.0 Å². The van der Waals surface area contributed by atoms with Crippen LogP contribution in [0.15, 0.2) is 10.6 Å². The maximum absolute atomic E-state index is 12.7. The summed E-state index contributed by atoms with van der Waals surface area (Å²) in [5, 5.41) is 13.6. The van der Waals surface area contributed by atoms with Gasteiger partial charge in [0.25, 0.3) is 11.6 Å². The van der Waals surface area contributed by atoms with Gasteiger partial charge in [-0.2, -0.15) is 0 Å². The number of amides is 1. The molecule has 0 aromatic carbocycles. The average molecular weight is 277 g/mol. The van der Waals surface area contributed by atoms with E-state index < -0.39 is 0 Å². The van der Waals surface area contributed by atoms with Crippen LogP contribution in [0.3, 0.4) is 0 Å². The molecule has 0 unspecified atom stereocenters. The van der Waals surface area contributed by atoms with Crippen molar-refractivity contribution in [3.8, 4) is 0 Å². The van der Waals surface area contributed by atoms with Crippen LogP contribution in [-0.4, -0.2) is 45.8 Å². The zero-order valence-corrected chi connectivity index (χ0v) is 12.0. The summed E-state index contributed by atoms with van der Waals surface area (Å²) in [6, 6.07) is 1.74. The average Bonchev–Trinajstić information content (AvgIpc) is 2.78. The lowest BCUT2D eigenvalue weighted by Crippen LogP contribution is -2.34. The fourth-order valence-corrected chi connectivity index (χ4v) is 2.26. The van der Waals surface area contributed by atoms with E-state index in [2.05, 4.69) is 10.1 Å². The first-order chi connectivity index (χ1) is 9.58. The molecule has 2 heterocycles. The minimum Gasteiger partial charge on any atom is -0.395 e. The van der Waals surface area contributed by atoms with E-state index in [1.165, 1.54) is 0 Å². The highest BCUT2D eigenvalue weighted by Crippen LogP contribution is 2.23. The van der Waals surface area contributed by atoms with Crippen LogP contribution in [0.5, 0.6) is 0 Å². The molecule has 6 heteroatoms. The Morgan fingerprint density at radius 1 is 1.40 bits per heavy atom. The van der Waals surface area contributed by atoms with Gasteiger partial charge in [-0.3, -0.25) is 4.79 Å². The molecule has 0 atom stereocenters. The van der Waals surface area contributed by atoms with E-state index in [1.807, 2.05) is 13.8 Å². The molecule has 1 amide bonds. The van der Waals surface area contributed by atoms with Crippen molar-refractivity contribution in [2.45, 2.75) is 27.2 Å². The number of rotatable bonds is 5. The molecule has 0 aliphatic heterocycles.